The van der Waals surface area contributed by atoms with Crippen molar-refractivity contribution in [3.05, 3.63) is 29.7 Å². The zero-order valence-corrected chi connectivity index (χ0v) is 18.7. The van der Waals surface area contributed by atoms with Crippen LogP contribution >= 0.6 is 0 Å². The smallest absolute Gasteiger partial charge is 0.228 e. The number of nitrogen functional groups attached to an aromatic ring is 1. The molecule has 2 aromatic heterocycles. The molecule has 0 aliphatic carbocycles. The normalized spacial score (nSPS) is 14.4. The molecule has 4 rings (SSSR count). The van der Waals surface area contributed by atoms with Gasteiger partial charge in [0.2, 0.25) is 5.95 Å². The summed E-state index contributed by atoms with van der Waals surface area (Å²) < 4.78 is 10.8. The van der Waals surface area contributed by atoms with Crippen LogP contribution in [0.5, 0.6) is 11.5 Å². The van der Waals surface area contributed by atoms with Gasteiger partial charge < -0.3 is 25.0 Å². The molecular formula is C22H29N7O2. The summed E-state index contributed by atoms with van der Waals surface area (Å²) >= 11 is 0. The second-order valence-electron chi connectivity index (χ2n) is 7.99. The number of methoxy groups -OCH3 is 2. The molecule has 164 valence electrons. The number of hydrogen-bond acceptors (Lipinski definition) is 9. The molecule has 9 nitrogen and oxygen atoms in total. The predicted molar refractivity (Wildman–Crippen MR) is 122 cm³/mol. The fourth-order valence-electron chi connectivity index (χ4n) is 3.74. The molecule has 1 saturated heterocycles. The molecule has 1 fully saturated rings. The van der Waals surface area contributed by atoms with E-state index in [1.807, 2.05) is 25.1 Å². The third-order valence-corrected chi connectivity index (χ3v) is 5.48. The maximum Gasteiger partial charge on any atom is 0.228 e. The molecule has 1 aliphatic rings. The highest BCUT2D eigenvalue weighted by molar-refractivity contribution is 5.91. The van der Waals surface area contributed by atoms with Crippen LogP contribution in [0.3, 0.4) is 0 Å². The van der Waals surface area contributed by atoms with E-state index in [1.165, 1.54) is 0 Å². The lowest BCUT2D eigenvalue weighted by molar-refractivity contribution is 0.356. The molecule has 3 aromatic rings. The third-order valence-electron chi connectivity index (χ3n) is 5.48. The van der Waals surface area contributed by atoms with Gasteiger partial charge in [-0.2, -0.15) is 4.98 Å². The minimum absolute atomic E-state index is 0.296. The Morgan fingerprint density at radius 3 is 2.16 bits per heavy atom. The Morgan fingerprint density at radius 2 is 1.52 bits per heavy atom. The maximum absolute atomic E-state index is 6.26. The molecule has 0 radical (unpaired) electrons. The lowest BCUT2D eigenvalue weighted by Gasteiger charge is -2.35. The molecule has 0 spiro atoms. The molecule has 0 saturated carbocycles. The Labute approximate surface area is 182 Å². The summed E-state index contributed by atoms with van der Waals surface area (Å²) in [5.41, 5.74) is 7.98. The quantitative estimate of drug-likeness (QED) is 0.663. The average molecular weight is 424 g/mol. The van der Waals surface area contributed by atoms with Gasteiger partial charge in [-0.1, -0.05) is 13.8 Å². The van der Waals surface area contributed by atoms with Crippen molar-refractivity contribution in [3.63, 3.8) is 0 Å². The van der Waals surface area contributed by atoms with Crippen LogP contribution in [0, 0.1) is 6.92 Å². The zero-order chi connectivity index (χ0) is 22.1. The summed E-state index contributed by atoms with van der Waals surface area (Å²) in [5, 5.41) is 0.748. The fraction of sp³-hybridized carbons (Fsp3) is 0.455. The highest BCUT2D eigenvalue weighted by Crippen LogP contribution is 2.34. The van der Waals surface area contributed by atoms with Gasteiger partial charge in [0.25, 0.3) is 0 Å². The van der Waals surface area contributed by atoms with Crippen molar-refractivity contribution >= 4 is 28.5 Å². The summed E-state index contributed by atoms with van der Waals surface area (Å²) in [5.74, 6) is 4.43. The number of fused-ring (bicyclic) bond motifs is 1. The molecule has 0 unspecified atom stereocenters. The largest absolute Gasteiger partial charge is 0.493 e. The van der Waals surface area contributed by atoms with Gasteiger partial charge in [0.1, 0.15) is 17.5 Å². The van der Waals surface area contributed by atoms with Crippen molar-refractivity contribution < 1.29 is 9.47 Å². The van der Waals surface area contributed by atoms with Crippen molar-refractivity contribution in [3.8, 4) is 11.5 Å². The Morgan fingerprint density at radius 1 is 0.871 bits per heavy atom. The Bertz CT molecular complexity index is 1090. The van der Waals surface area contributed by atoms with Gasteiger partial charge in [-0.3, -0.25) is 0 Å². The van der Waals surface area contributed by atoms with Gasteiger partial charge >= 0.3 is 0 Å². The highest BCUT2D eigenvalue weighted by atomic mass is 16.5. The Hall–Kier alpha value is -3.36. The number of benzene rings is 1. The number of aromatic nitrogens is 4. The molecule has 31 heavy (non-hydrogen) atoms. The van der Waals surface area contributed by atoms with Crippen LogP contribution in [0.15, 0.2) is 18.2 Å². The number of hydrogen-bond donors (Lipinski definition) is 1. The molecule has 2 N–H and O–H groups in total. The number of piperazine rings is 1. The van der Waals surface area contributed by atoms with Gasteiger partial charge in [-0.25, -0.2) is 15.0 Å². The summed E-state index contributed by atoms with van der Waals surface area (Å²) in [4.78, 5) is 23.1. The van der Waals surface area contributed by atoms with E-state index in [2.05, 4.69) is 33.6 Å². The number of ether oxygens (including phenoxy) is 2. The van der Waals surface area contributed by atoms with Crippen LogP contribution in [0.25, 0.3) is 10.9 Å². The third kappa shape index (κ3) is 4.12. The number of rotatable bonds is 5. The Kier molecular flexibility index (Phi) is 5.67. The van der Waals surface area contributed by atoms with Crippen molar-refractivity contribution in [2.75, 3.05) is 55.9 Å². The molecular weight excluding hydrogens is 394 g/mol. The van der Waals surface area contributed by atoms with E-state index < -0.39 is 0 Å². The summed E-state index contributed by atoms with van der Waals surface area (Å²) in [7, 11) is 3.20. The van der Waals surface area contributed by atoms with Crippen LogP contribution in [0.1, 0.15) is 31.3 Å². The second-order valence-corrected chi connectivity index (χ2v) is 7.99. The van der Waals surface area contributed by atoms with Crippen LogP contribution in [-0.4, -0.2) is 60.3 Å². The maximum atomic E-state index is 6.26. The lowest BCUT2D eigenvalue weighted by Crippen LogP contribution is -2.47. The number of aryl methyl sites for hydroxylation is 1. The van der Waals surface area contributed by atoms with E-state index in [0.29, 0.717) is 29.2 Å². The number of nitrogens with zero attached hydrogens (tertiary/aromatic N) is 6. The summed E-state index contributed by atoms with van der Waals surface area (Å²) in [6.07, 6.45) is 0. The topological polar surface area (TPSA) is 103 Å². The number of anilines is 3. The first-order valence-electron chi connectivity index (χ1n) is 10.4. The van der Waals surface area contributed by atoms with Crippen molar-refractivity contribution in [2.45, 2.75) is 26.7 Å². The predicted octanol–water partition coefficient (Wildman–Crippen LogP) is 2.78. The molecule has 9 heteroatoms. The lowest BCUT2D eigenvalue weighted by atomic mass is 10.2. The minimum Gasteiger partial charge on any atom is -0.493 e. The molecule has 0 amide bonds. The minimum atomic E-state index is 0.296. The summed E-state index contributed by atoms with van der Waals surface area (Å²) in [6.45, 7) is 9.44. The van der Waals surface area contributed by atoms with Gasteiger partial charge in [-0.15, -0.1) is 0 Å². The molecule has 1 aromatic carbocycles. The Balaban J connectivity index is 1.56. The average Bonchev–Trinajstić information content (AvgIpc) is 2.77. The second kappa shape index (κ2) is 8.41. The van der Waals surface area contributed by atoms with E-state index >= 15 is 0 Å². The van der Waals surface area contributed by atoms with Gasteiger partial charge in [0, 0.05) is 55.3 Å². The van der Waals surface area contributed by atoms with E-state index in [4.69, 9.17) is 25.2 Å². The van der Waals surface area contributed by atoms with Crippen molar-refractivity contribution in [1.29, 1.82) is 0 Å². The highest BCUT2D eigenvalue weighted by Gasteiger charge is 2.22. The zero-order valence-electron chi connectivity index (χ0n) is 18.7. The molecule has 0 bridgehead atoms. The van der Waals surface area contributed by atoms with Crippen LogP contribution < -0.4 is 25.0 Å². The fourth-order valence-corrected chi connectivity index (χ4v) is 3.74. The number of nitrogens with two attached hydrogens (primary N) is 1. The van der Waals surface area contributed by atoms with Gasteiger partial charge in [0.05, 0.1) is 19.7 Å². The molecule has 1 aliphatic heterocycles. The monoisotopic (exact) mass is 423 g/mol. The van der Waals surface area contributed by atoms with Crippen LogP contribution in [0.2, 0.25) is 0 Å². The molecule has 3 heterocycles. The molecule has 0 atom stereocenters. The summed E-state index contributed by atoms with van der Waals surface area (Å²) in [6, 6.07) is 5.70. The van der Waals surface area contributed by atoms with E-state index in [1.54, 1.807) is 14.2 Å². The van der Waals surface area contributed by atoms with E-state index in [-0.39, 0.29) is 0 Å². The van der Waals surface area contributed by atoms with Crippen LogP contribution in [-0.2, 0) is 0 Å². The van der Waals surface area contributed by atoms with E-state index in [0.717, 1.165) is 54.4 Å². The van der Waals surface area contributed by atoms with Crippen LogP contribution in [0.4, 0.5) is 17.6 Å². The first kappa shape index (κ1) is 20.9. The van der Waals surface area contributed by atoms with Crippen molar-refractivity contribution in [1.82, 2.24) is 19.9 Å². The standard InChI is InChI=1S/C22H29N7O2/c1-13(2)21-24-14(3)10-19(26-21)28-6-8-29(9-7-28)22-25-16-12-18(31-5)17(30-4)11-15(16)20(23)27-22/h10-13H,6-9H2,1-5H3,(H2,23,25,27). The van der Waals surface area contributed by atoms with Gasteiger partial charge in [-0.05, 0) is 13.0 Å². The first-order valence-corrected chi connectivity index (χ1v) is 10.4. The van der Waals surface area contributed by atoms with Gasteiger partial charge in [0.15, 0.2) is 11.5 Å². The SMILES string of the molecule is COc1cc2nc(N3CCN(c4cc(C)nc(C(C)C)n4)CC3)nc(N)c2cc1OC. The van der Waals surface area contributed by atoms with Crippen molar-refractivity contribution in [2.24, 2.45) is 0 Å². The van der Waals surface area contributed by atoms with E-state index in [9.17, 15) is 0 Å². The first-order chi connectivity index (χ1) is 14.9.